The molecular formula is C21H30N2O4. The molecule has 0 bridgehead atoms. The lowest BCUT2D eigenvalue weighted by atomic mass is 9.98. The largest absolute Gasteiger partial charge is 0.466 e. The number of piperidine rings is 1. The summed E-state index contributed by atoms with van der Waals surface area (Å²) in [5.41, 5.74) is 0.638. The molecule has 2 rings (SSSR count). The summed E-state index contributed by atoms with van der Waals surface area (Å²) in [4.78, 5) is 40.7. The van der Waals surface area contributed by atoms with Gasteiger partial charge in [-0.2, -0.15) is 0 Å². The minimum absolute atomic E-state index is 0.00837. The number of hydrogen-bond donors (Lipinski definition) is 0. The number of carbonyl (C=O) groups excluding carboxylic acids is 3. The smallest absolute Gasteiger partial charge is 0.310 e. The molecule has 1 atom stereocenters. The predicted molar refractivity (Wildman–Crippen MR) is 103 cm³/mol. The van der Waals surface area contributed by atoms with Crippen LogP contribution in [0.2, 0.25) is 0 Å². The maximum Gasteiger partial charge on any atom is 0.310 e. The fourth-order valence-electron chi connectivity index (χ4n) is 3.39. The maximum atomic E-state index is 12.7. The normalized spacial score (nSPS) is 16.7. The minimum atomic E-state index is -0.236. The topological polar surface area (TPSA) is 66.9 Å². The second-order valence-corrected chi connectivity index (χ2v) is 6.84. The van der Waals surface area contributed by atoms with E-state index >= 15 is 0 Å². The van der Waals surface area contributed by atoms with Gasteiger partial charge < -0.3 is 14.5 Å². The average molecular weight is 374 g/mol. The molecule has 148 valence electrons. The number of carbonyl (C=O) groups is 3. The predicted octanol–water partition coefficient (Wildman–Crippen LogP) is 2.73. The Balaban J connectivity index is 1.91. The summed E-state index contributed by atoms with van der Waals surface area (Å²) in [5.74, 6) is -0.513. The van der Waals surface area contributed by atoms with Crippen molar-refractivity contribution in [3.8, 4) is 0 Å². The van der Waals surface area contributed by atoms with Crippen LogP contribution in [0.4, 0.5) is 0 Å². The van der Waals surface area contributed by atoms with E-state index in [1.807, 2.05) is 25.1 Å². The van der Waals surface area contributed by atoms with Crippen molar-refractivity contribution in [2.24, 2.45) is 5.92 Å². The Morgan fingerprint density at radius 2 is 1.89 bits per heavy atom. The first-order valence-corrected chi connectivity index (χ1v) is 9.85. The van der Waals surface area contributed by atoms with Gasteiger partial charge in [0.1, 0.15) is 0 Å². The van der Waals surface area contributed by atoms with Crippen LogP contribution >= 0.6 is 0 Å². The molecule has 6 nitrogen and oxygen atoms in total. The SMILES string of the molecule is CCCN(CCC(=O)N1CCCC(C(=O)OCC)C1)C(=O)c1ccccc1. The summed E-state index contributed by atoms with van der Waals surface area (Å²) in [6, 6.07) is 9.14. The highest BCUT2D eigenvalue weighted by atomic mass is 16.5. The first-order chi connectivity index (χ1) is 13.1. The van der Waals surface area contributed by atoms with E-state index in [2.05, 4.69) is 0 Å². The first-order valence-electron chi connectivity index (χ1n) is 9.85. The van der Waals surface area contributed by atoms with Crippen LogP contribution in [0.5, 0.6) is 0 Å². The van der Waals surface area contributed by atoms with Gasteiger partial charge in [-0.1, -0.05) is 25.1 Å². The summed E-state index contributed by atoms with van der Waals surface area (Å²) in [6.07, 6.45) is 2.67. The zero-order valence-electron chi connectivity index (χ0n) is 16.4. The van der Waals surface area contributed by atoms with Crippen LogP contribution in [0, 0.1) is 5.92 Å². The van der Waals surface area contributed by atoms with Crippen molar-refractivity contribution in [2.75, 3.05) is 32.8 Å². The molecule has 1 aromatic rings. The van der Waals surface area contributed by atoms with Crippen LogP contribution in [0.15, 0.2) is 30.3 Å². The number of amides is 2. The van der Waals surface area contributed by atoms with Crippen molar-refractivity contribution in [3.05, 3.63) is 35.9 Å². The first kappa shape index (κ1) is 20.9. The van der Waals surface area contributed by atoms with E-state index < -0.39 is 0 Å². The lowest BCUT2D eigenvalue weighted by molar-refractivity contribution is -0.151. The fourth-order valence-corrected chi connectivity index (χ4v) is 3.39. The van der Waals surface area contributed by atoms with E-state index in [0.29, 0.717) is 38.3 Å². The molecule has 6 heteroatoms. The van der Waals surface area contributed by atoms with E-state index in [1.165, 1.54) is 0 Å². The molecule has 1 aliphatic heterocycles. The number of ether oxygens (including phenoxy) is 1. The molecule has 0 radical (unpaired) electrons. The van der Waals surface area contributed by atoms with Gasteiger partial charge in [-0.3, -0.25) is 14.4 Å². The Hall–Kier alpha value is -2.37. The van der Waals surface area contributed by atoms with Crippen LogP contribution in [0.25, 0.3) is 0 Å². The lowest BCUT2D eigenvalue weighted by Crippen LogP contribution is -2.44. The zero-order chi connectivity index (χ0) is 19.6. The summed E-state index contributed by atoms with van der Waals surface area (Å²) in [5, 5.41) is 0. The molecule has 0 aliphatic carbocycles. The second kappa shape index (κ2) is 10.7. The number of likely N-dealkylation sites (tertiary alicyclic amines) is 1. The number of rotatable bonds is 8. The third kappa shape index (κ3) is 6.08. The van der Waals surface area contributed by atoms with Gasteiger partial charge in [0, 0.05) is 38.2 Å². The van der Waals surface area contributed by atoms with Crippen molar-refractivity contribution in [3.63, 3.8) is 0 Å². The van der Waals surface area contributed by atoms with Gasteiger partial charge in [0.2, 0.25) is 5.91 Å². The Kier molecular flexibility index (Phi) is 8.30. The third-order valence-electron chi connectivity index (χ3n) is 4.79. The minimum Gasteiger partial charge on any atom is -0.466 e. The molecule has 0 saturated carbocycles. The standard InChI is InChI=1S/C21H30N2O4/c1-3-13-22(20(25)17-9-6-5-7-10-17)15-12-19(24)23-14-8-11-18(16-23)21(26)27-4-2/h5-7,9-10,18H,3-4,8,11-16H2,1-2H3. The summed E-state index contributed by atoms with van der Waals surface area (Å²) in [6.45, 7) is 6.24. The Morgan fingerprint density at radius 1 is 1.15 bits per heavy atom. The molecule has 27 heavy (non-hydrogen) atoms. The van der Waals surface area contributed by atoms with Crippen LogP contribution in [0.1, 0.15) is 49.9 Å². The molecule has 1 saturated heterocycles. The second-order valence-electron chi connectivity index (χ2n) is 6.84. The van der Waals surface area contributed by atoms with Gasteiger partial charge in [-0.25, -0.2) is 0 Å². The van der Waals surface area contributed by atoms with E-state index in [9.17, 15) is 14.4 Å². The molecule has 0 N–H and O–H groups in total. The van der Waals surface area contributed by atoms with Crippen molar-refractivity contribution in [1.82, 2.24) is 9.80 Å². The quantitative estimate of drug-likeness (QED) is 0.656. The van der Waals surface area contributed by atoms with Crippen molar-refractivity contribution >= 4 is 17.8 Å². The summed E-state index contributed by atoms with van der Waals surface area (Å²) >= 11 is 0. The van der Waals surface area contributed by atoms with Gasteiger partial charge in [0.15, 0.2) is 0 Å². The highest BCUT2D eigenvalue weighted by molar-refractivity contribution is 5.94. The van der Waals surface area contributed by atoms with Crippen LogP contribution in [-0.4, -0.2) is 60.4 Å². The molecule has 1 aromatic carbocycles. The van der Waals surface area contributed by atoms with E-state index in [0.717, 1.165) is 19.3 Å². The van der Waals surface area contributed by atoms with Crippen molar-refractivity contribution < 1.29 is 19.1 Å². The highest BCUT2D eigenvalue weighted by Crippen LogP contribution is 2.19. The molecule has 0 spiro atoms. The highest BCUT2D eigenvalue weighted by Gasteiger charge is 2.29. The fraction of sp³-hybridized carbons (Fsp3) is 0.571. The van der Waals surface area contributed by atoms with Crippen molar-refractivity contribution in [1.29, 1.82) is 0 Å². The van der Waals surface area contributed by atoms with Gasteiger partial charge in [-0.15, -0.1) is 0 Å². The molecule has 0 aromatic heterocycles. The third-order valence-corrected chi connectivity index (χ3v) is 4.79. The van der Waals surface area contributed by atoms with Crippen molar-refractivity contribution in [2.45, 2.75) is 39.5 Å². The Morgan fingerprint density at radius 3 is 2.56 bits per heavy atom. The summed E-state index contributed by atoms with van der Waals surface area (Å²) in [7, 11) is 0. The Bertz CT molecular complexity index is 632. The zero-order valence-corrected chi connectivity index (χ0v) is 16.4. The summed E-state index contributed by atoms with van der Waals surface area (Å²) < 4.78 is 5.09. The molecule has 1 unspecified atom stereocenters. The number of hydrogen-bond acceptors (Lipinski definition) is 4. The van der Waals surface area contributed by atoms with Gasteiger partial charge in [0.25, 0.3) is 5.91 Å². The van der Waals surface area contributed by atoms with Gasteiger partial charge >= 0.3 is 5.97 Å². The average Bonchev–Trinajstić information content (AvgIpc) is 2.71. The van der Waals surface area contributed by atoms with E-state index in [1.54, 1.807) is 28.9 Å². The Labute approximate surface area is 161 Å². The number of nitrogens with zero attached hydrogens (tertiary/aromatic N) is 2. The van der Waals surface area contributed by atoms with Gasteiger partial charge in [-0.05, 0) is 38.3 Å². The van der Waals surface area contributed by atoms with E-state index in [-0.39, 0.29) is 30.1 Å². The van der Waals surface area contributed by atoms with E-state index in [4.69, 9.17) is 4.74 Å². The van der Waals surface area contributed by atoms with Crippen LogP contribution in [-0.2, 0) is 14.3 Å². The molecule has 1 aliphatic rings. The monoisotopic (exact) mass is 374 g/mol. The van der Waals surface area contributed by atoms with Crippen LogP contribution < -0.4 is 0 Å². The molecule has 1 heterocycles. The molecular weight excluding hydrogens is 344 g/mol. The maximum absolute atomic E-state index is 12.7. The van der Waals surface area contributed by atoms with Crippen LogP contribution in [0.3, 0.4) is 0 Å². The molecule has 1 fully saturated rings. The lowest BCUT2D eigenvalue weighted by Gasteiger charge is -2.32. The number of esters is 1. The van der Waals surface area contributed by atoms with Gasteiger partial charge in [0.05, 0.1) is 12.5 Å². The molecule has 2 amide bonds. The number of benzene rings is 1.